The summed E-state index contributed by atoms with van der Waals surface area (Å²) in [6, 6.07) is 26.3. The summed E-state index contributed by atoms with van der Waals surface area (Å²) < 4.78 is 0. The monoisotopic (exact) mass is 314 g/mol. The zero-order valence-corrected chi connectivity index (χ0v) is 14.8. The lowest BCUT2D eigenvalue weighted by atomic mass is 9.87. The molecule has 0 aliphatic carbocycles. The minimum absolute atomic E-state index is 1.09. The predicted octanol–water partition coefficient (Wildman–Crippen LogP) is 6.26. The highest BCUT2D eigenvalue weighted by Gasteiger charge is 2.12. The summed E-state index contributed by atoms with van der Waals surface area (Å²) in [5.41, 5.74) is 8.74. The van der Waals surface area contributed by atoms with Gasteiger partial charge >= 0.3 is 0 Å². The molecule has 0 unspecified atom stereocenters. The van der Waals surface area contributed by atoms with E-state index in [0.29, 0.717) is 0 Å². The Morgan fingerprint density at radius 2 is 1.21 bits per heavy atom. The van der Waals surface area contributed by atoms with Crippen LogP contribution in [0.25, 0.3) is 11.1 Å². The highest BCUT2D eigenvalue weighted by molar-refractivity contribution is 5.69. The van der Waals surface area contributed by atoms with Crippen molar-refractivity contribution in [1.82, 2.24) is 0 Å². The average Bonchev–Trinajstić information content (AvgIpc) is 2.67. The first-order valence-electron chi connectivity index (χ1n) is 9.06. The summed E-state index contributed by atoms with van der Waals surface area (Å²) in [6.07, 6.45) is 4.43. The Morgan fingerprint density at radius 1 is 0.583 bits per heavy atom. The summed E-state index contributed by atoms with van der Waals surface area (Å²) in [6.45, 7) is 4.57. The Hall–Kier alpha value is -2.34. The van der Waals surface area contributed by atoms with Crippen LogP contribution in [0.15, 0.2) is 72.8 Å². The molecule has 0 saturated carbocycles. The molecule has 0 atom stereocenters. The van der Waals surface area contributed by atoms with Crippen LogP contribution in [-0.4, -0.2) is 0 Å². The Labute approximate surface area is 146 Å². The Bertz CT molecular complexity index is 770. The molecule has 0 aliphatic rings. The normalized spacial score (nSPS) is 10.8. The molecule has 24 heavy (non-hydrogen) atoms. The lowest BCUT2D eigenvalue weighted by Gasteiger charge is -2.18. The summed E-state index contributed by atoms with van der Waals surface area (Å²) in [5.74, 6) is 0. The summed E-state index contributed by atoms with van der Waals surface area (Å²) >= 11 is 0. The highest BCUT2D eigenvalue weighted by Crippen LogP contribution is 2.30. The van der Waals surface area contributed by atoms with Gasteiger partial charge < -0.3 is 0 Å². The number of benzene rings is 3. The van der Waals surface area contributed by atoms with Gasteiger partial charge in [0.05, 0.1) is 0 Å². The van der Waals surface area contributed by atoms with Crippen molar-refractivity contribution < 1.29 is 0 Å². The van der Waals surface area contributed by atoms with Gasteiger partial charge in [-0.05, 0) is 59.1 Å². The zero-order valence-electron chi connectivity index (χ0n) is 14.8. The van der Waals surface area contributed by atoms with E-state index in [4.69, 9.17) is 0 Å². The molecule has 0 aliphatic heterocycles. The van der Waals surface area contributed by atoms with E-state index in [1.807, 2.05) is 0 Å². The van der Waals surface area contributed by atoms with Crippen LogP contribution < -0.4 is 0 Å². The second-order valence-corrected chi connectivity index (χ2v) is 6.29. The third-order valence-electron chi connectivity index (χ3n) is 4.85. The standard InChI is InChI=1S/C24H26/c1-3-22-21(16-15-19-11-7-5-8-12-19)17-18-24(23(22)4-2)20-13-9-6-10-14-20/h5-14,17-18H,3-4,15-16H2,1-2H3. The van der Waals surface area contributed by atoms with Gasteiger partial charge in [-0.15, -0.1) is 0 Å². The molecule has 0 heteroatoms. The molecule has 0 saturated heterocycles. The summed E-state index contributed by atoms with van der Waals surface area (Å²) in [5, 5.41) is 0. The van der Waals surface area contributed by atoms with Crippen LogP contribution in [0, 0.1) is 0 Å². The number of hydrogen-bond acceptors (Lipinski definition) is 0. The molecular weight excluding hydrogens is 288 g/mol. The molecule has 122 valence electrons. The molecule has 0 bridgehead atoms. The summed E-state index contributed by atoms with van der Waals surface area (Å²) in [7, 11) is 0. The molecule has 3 aromatic carbocycles. The van der Waals surface area contributed by atoms with E-state index in [9.17, 15) is 0 Å². The average molecular weight is 314 g/mol. The van der Waals surface area contributed by atoms with Crippen LogP contribution >= 0.6 is 0 Å². The quantitative estimate of drug-likeness (QED) is 0.503. The van der Waals surface area contributed by atoms with Crippen LogP contribution in [-0.2, 0) is 25.7 Å². The first-order valence-corrected chi connectivity index (χ1v) is 9.06. The van der Waals surface area contributed by atoms with Crippen LogP contribution in [0.4, 0.5) is 0 Å². The number of aryl methyl sites for hydroxylation is 2. The van der Waals surface area contributed by atoms with Gasteiger partial charge in [0.25, 0.3) is 0 Å². The van der Waals surface area contributed by atoms with Gasteiger partial charge in [-0.1, -0.05) is 86.6 Å². The summed E-state index contributed by atoms with van der Waals surface area (Å²) in [4.78, 5) is 0. The minimum atomic E-state index is 1.09. The van der Waals surface area contributed by atoms with Crippen molar-refractivity contribution in [2.24, 2.45) is 0 Å². The van der Waals surface area contributed by atoms with Crippen molar-refractivity contribution in [1.29, 1.82) is 0 Å². The Morgan fingerprint density at radius 3 is 1.83 bits per heavy atom. The third kappa shape index (κ3) is 3.59. The smallest absolute Gasteiger partial charge is 0.0149 e. The van der Waals surface area contributed by atoms with E-state index in [0.717, 1.165) is 25.7 Å². The topological polar surface area (TPSA) is 0 Å². The maximum Gasteiger partial charge on any atom is -0.0149 e. The van der Waals surface area contributed by atoms with Gasteiger partial charge in [-0.2, -0.15) is 0 Å². The van der Waals surface area contributed by atoms with Crippen molar-refractivity contribution in [2.45, 2.75) is 39.5 Å². The molecule has 0 N–H and O–H groups in total. The minimum Gasteiger partial charge on any atom is -0.0622 e. The molecule has 0 fully saturated rings. The SMILES string of the molecule is CCc1c(CCc2ccccc2)ccc(-c2ccccc2)c1CC. The molecule has 0 nitrogen and oxygen atoms in total. The van der Waals surface area contributed by atoms with Crippen molar-refractivity contribution >= 4 is 0 Å². The molecule has 3 aromatic rings. The highest BCUT2D eigenvalue weighted by atomic mass is 14.2. The second-order valence-electron chi connectivity index (χ2n) is 6.29. The van der Waals surface area contributed by atoms with Crippen molar-refractivity contribution in [3.8, 4) is 11.1 Å². The molecule has 0 heterocycles. The Kier molecular flexibility index (Phi) is 5.48. The number of hydrogen-bond donors (Lipinski definition) is 0. The lowest BCUT2D eigenvalue weighted by Crippen LogP contribution is -2.03. The van der Waals surface area contributed by atoms with Gasteiger partial charge in [-0.3, -0.25) is 0 Å². The molecule has 3 rings (SSSR count). The van der Waals surface area contributed by atoms with E-state index in [1.165, 1.54) is 27.8 Å². The van der Waals surface area contributed by atoms with Gasteiger partial charge in [-0.25, -0.2) is 0 Å². The van der Waals surface area contributed by atoms with Crippen LogP contribution in [0.2, 0.25) is 0 Å². The van der Waals surface area contributed by atoms with Crippen molar-refractivity contribution in [2.75, 3.05) is 0 Å². The molecular formula is C24H26. The first kappa shape index (κ1) is 16.5. The maximum atomic E-state index is 2.35. The van der Waals surface area contributed by atoms with E-state index in [-0.39, 0.29) is 0 Å². The van der Waals surface area contributed by atoms with Crippen molar-refractivity contribution in [3.63, 3.8) is 0 Å². The molecule has 0 spiro atoms. The van der Waals surface area contributed by atoms with E-state index < -0.39 is 0 Å². The van der Waals surface area contributed by atoms with Crippen LogP contribution in [0.1, 0.15) is 36.1 Å². The molecule has 0 aromatic heterocycles. The van der Waals surface area contributed by atoms with Gasteiger partial charge in [0.2, 0.25) is 0 Å². The van der Waals surface area contributed by atoms with E-state index in [2.05, 4.69) is 86.6 Å². The van der Waals surface area contributed by atoms with Gasteiger partial charge in [0.15, 0.2) is 0 Å². The fraction of sp³-hybridized carbons (Fsp3) is 0.250. The molecule has 0 radical (unpaired) electrons. The second kappa shape index (κ2) is 7.97. The molecule has 0 amide bonds. The van der Waals surface area contributed by atoms with E-state index in [1.54, 1.807) is 5.56 Å². The van der Waals surface area contributed by atoms with Gasteiger partial charge in [0, 0.05) is 0 Å². The zero-order chi connectivity index (χ0) is 16.8. The largest absolute Gasteiger partial charge is 0.0622 e. The van der Waals surface area contributed by atoms with Crippen LogP contribution in [0.5, 0.6) is 0 Å². The van der Waals surface area contributed by atoms with E-state index >= 15 is 0 Å². The third-order valence-corrected chi connectivity index (χ3v) is 4.85. The maximum absolute atomic E-state index is 2.35. The Balaban J connectivity index is 1.93. The van der Waals surface area contributed by atoms with Gasteiger partial charge in [0.1, 0.15) is 0 Å². The fourth-order valence-electron chi connectivity index (χ4n) is 3.63. The van der Waals surface area contributed by atoms with Crippen molar-refractivity contribution in [3.05, 3.63) is 95.1 Å². The lowest BCUT2D eigenvalue weighted by molar-refractivity contribution is 0.914. The predicted molar refractivity (Wildman–Crippen MR) is 104 cm³/mol. The van der Waals surface area contributed by atoms with Crippen LogP contribution in [0.3, 0.4) is 0 Å². The fourth-order valence-corrected chi connectivity index (χ4v) is 3.63. The number of rotatable bonds is 6. The first-order chi connectivity index (χ1) is 11.8.